The van der Waals surface area contributed by atoms with Gasteiger partial charge in [0.2, 0.25) is 5.95 Å². The third kappa shape index (κ3) is 5.27. The minimum atomic E-state index is -1.18. The van der Waals surface area contributed by atoms with Crippen molar-refractivity contribution in [1.82, 2.24) is 19.9 Å². The molecule has 0 fully saturated rings. The molecular formula is C22H30N8O3S. The second-order valence-corrected chi connectivity index (χ2v) is 10.7. The fourth-order valence-corrected chi connectivity index (χ4v) is 5.10. The number of carbonyl (C=O) groups excluding carboxylic acids is 1. The highest BCUT2D eigenvalue weighted by Crippen LogP contribution is 2.32. The third-order valence-corrected chi connectivity index (χ3v) is 7.10. The summed E-state index contributed by atoms with van der Waals surface area (Å²) >= 11 is 0. The van der Waals surface area contributed by atoms with Crippen LogP contribution < -0.4 is 20.9 Å². The summed E-state index contributed by atoms with van der Waals surface area (Å²) in [5.74, 6) is 2.33. The van der Waals surface area contributed by atoms with Gasteiger partial charge in [-0.25, -0.2) is 19.7 Å². The van der Waals surface area contributed by atoms with Gasteiger partial charge in [0.1, 0.15) is 17.3 Å². The van der Waals surface area contributed by atoms with E-state index in [0.717, 1.165) is 29.2 Å². The normalized spacial score (nSPS) is 17.7. The van der Waals surface area contributed by atoms with E-state index in [1.54, 1.807) is 0 Å². The summed E-state index contributed by atoms with van der Waals surface area (Å²) < 4.78 is 17.6. The van der Waals surface area contributed by atoms with Gasteiger partial charge in [-0.2, -0.15) is 4.98 Å². The van der Waals surface area contributed by atoms with E-state index in [2.05, 4.69) is 26.3 Å². The minimum Gasteiger partial charge on any atom is -0.447 e. The predicted molar refractivity (Wildman–Crippen MR) is 131 cm³/mol. The molecule has 2 aromatic rings. The van der Waals surface area contributed by atoms with E-state index in [0.29, 0.717) is 41.9 Å². The van der Waals surface area contributed by atoms with Gasteiger partial charge in [0.05, 0.1) is 40.1 Å². The number of ether oxygens (including phenoxy) is 1. The second-order valence-electron chi connectivity index (χ2n) is 9.15. The first kappa shape index (κ1) is 23.9. The number of nitrogens with zero attached hydrogens (tertiary/aromatic N) is 6. The van der Waals surface area contributed by atoms with E-state index in [1.165, 1.54) is 0 Å². The number of primary amides is 1. The van der Waals surface area contributed by atoms with Crippen LogP contribution in [0, 0.1) is 0 Å². The molecule has 0 spiro atoms. The standard InChI is InChI=1S/C22H30N8O3S/c1-22(2,13-33-20(23)31)28-19-17-16(7-10-34(17)32)26-21(27-19)30-8-5-14(6-9-30)18-24-11-15(12-25-18)29(3)4/h5,11-12H,6-10,13H2,1-4H3,(H2,23,31)(H,26,27,28)/t34-/m1/s1. The highest BCUT2D eigenvalue weighted by atomic mass is 32.2. The van der Waals surface area contributed by atoms with Crippen LogP contribution in [0.2, 0.25) is 0 Å². The largest absolute Gasteiger partial charge is 0.447 e. The molecule has 34 heavy (non-hydrogen) atoms. The van der Waals surface area contributed by atoms with Gasteiger partial charge in [0.15, 0.2) is 5.82 Å². The van der Waals surface area contributed by atoms with Crippen molar-refractivity contribution in [2.24, 2.45) is 5.73 Å². The fourth-order valence-electron chi connectivity index (χ4n) is 3.79. The first-order valence-corrected chi connectivity index (χ1v) is 12.4. The molecule has 3 N–H and O–H groups in total. The van der Waals surface area contributed by atoms with Crippen molar-refractivity contribution in [3.05, 3.63) is 30.0 Å². The first-order chi connectivity index (χ1) is 16.1. The van der Waals surface area contributed by atoms with Gasteiger partial charge in [-0.1, -0.05) is 6.08 Å². The number of nitrogens with two attached hydrogens (primary N) is 1. The van der Waals surface area contributed by atoms with Crippen LogP contribution in [0.25, 0.3) is 5.57 Å². The van der Waals surface area contributed by atoms with Gasteiger partial charge in [0.25, 0.3) is 0 Å². The van der Waals surface area contributed by atoms with Crippen LogP contribution in [-0.4, -0.2) is 75.3 Å². The van der Waals surface area contributed by atoms with E-state index in [4.69, 9.17) is 20.4 Å². The van der Waals surface area contributed by atoms with Gasteiger partial charge in [-0.05, 0) is 25.8 Å². The summed E-state index contributed by atoms with van der Waals surface area (Å²) in [5, 5.41) is 3.29. The highest BCUT2D eigenvalue weighted by Gasteiger charge is 2.31. The van der Waals surface area contributed by atoms with E-state index in [9.17, 15) is 9.00 Å². The first-order valence-electron chi connectivity index (χ1n) is 11.1. The Morgan fingerprint density at radius 2 is 2.00 bits per heavy atom. The van der Waals surface area contributed by atoms with Gasteiger partial charge in [-0.3, -0.25) is 4.21 Å². The number of fused-ring (bicyclic) bond motifs is 1. The number of anilines is 3. The van der Waals surface area contributed by atoms with Crippen molar-refractivity contribution in [2.75, 3.05) is 54.7 Å². The maximum absolute atomic E-state index is 12.6. The SMILES string of the molecule is CN(C)c1cnc(C2=CCN(c3nc4c(c(NC(C)(C)COC(N)=O)n3)[S@](=O)CC4)CC2)nc1. The lowest BCUT2D eigenvalue weighted by Gasteiger charge is -2.29. The van der Waals surface area contributed by atoms with Crippen LogP contribution >= 0.6 is 0 Å². The number of nitrogens with one attached hydrogen (secondary N) is 1. The van der Waals surface area contributed by atoms with E-state index >= 15 is 0 Å². The lowest BCUT2D eigenvalue weighted by Crippen LogP contribution is -2.39. The van der Waals surface area contributed by atoms with E-state index in [-0.39, 0.29) is 6.61 Å². The molecule has 11 nitrogen and oxygen atoms in total. The second kappa shape index (κ2) is 9.53. The molecule has 0 unspecified atom stereocenters. The Bertz CT molecular complexity index is 1130. The lowest BCUT2D eigenvalue weighted by molar-refractivity contribution is 0.138. The Morgan fingerprint density at radius 1 is 1.26 bits per heavy atom. The molecule has 4 rings (SSSR count). The summed E-state index contributed by atoms with van der Waals surface area (Å²) in [5.41, 5.74) is 7.28. The molecule has 1 amide bonds. The Labute approximate surface area is 201 Å². The Kier molecular flexibility index (Phi) is 6.69. The average Bonchev–Trinajstić information content (AvgIpc) is 3.19. The fraction of sp³-hybridized carbons (Fsp3) is 0.500. The number of aryl methyl sites for hydroxylation is 1. The number of hydrogen-bond donors (Lipinski definition) is 2. The number of carbonyl (C=O) groups is 1. The van der Waals surface area contributed by atoms with Crippen molar-refractivity contribution in [2.45, 2.75) is 37.1 Å². The molecule has 12 heteroatoms. The molecule has 0 bridgehead atoms. The Morgan fingerprint density at radius 3 is 2.62 bits per heavy atom. The number of hydrogen-bond acceptors (Lipinski definition) is 10. The van der Waals surface area contributed by atoms with Crippen LogP contribution in [0.1, 0.15) is 31.8 Å². The summed E-state index contributed by atoms with van der Waals surface area (Å²) in [6.45, 7) is 5.09. The molecule has 2 aromatic heterocycles. The van der Waals surface area contributed by atoms with Gasteiger partial charge >= 0.3 is 6.09 Å². The molecule has 0 saturated carbocycles. The molecule has 0 aromatic carbocycles. The average molecular weight is 487 g/mol. The summed E-state index contributed by atoms with van der Waals surface area (Å²) in [7, 11) is 2.73. The lowest BCUT2D eigenvalue weighted by atomic mass is 10.1. The topological polar surface area (TPSA) is 139 Å². The zero-order chi connectivity index (χ0) is 24.5. The quantitative estimate of drug-likeness (QED) is 0.593. The minimum absolute atomic E-state index is 0.0471. The van der Waals surface area contributed by atoms with Crippen molar-refractivity contribution < 1.29 is 13.7 Å². The zero-order valence-corrected chi connectivity index (χ0v) is 20.7. The van der Waals surface area contributed by atoms with Crippen molar-refractivity contribution in [3.63, 3.8) is 0 Å². The molecular weight excluding hydrogens is 456 g/mol. The Balaban J connectivity index is 1.55. The van der Waals surface area contributed by atoms with Gasteiger partial charge < -0.3 is 25.6 Å². The molecule has 182 valence electrons. The van der Waals surface area contributed by atoms with Crippen molar-refractivity contribution >= 4 is 39.9 Å². The molecule has 0 radical (unpaired) electrons. The summed E-state index contributed by atoms with van der Waals surface area (Å²) in [6, 6.07) is 0. The Hall–Kier alpha value is -3.28. The van der Waals surface area contributed by atoms with Crippen LogP contribution in [-0.2, 0) is 22.0 Å². The van der Waals surface area contributed by atoms with Crippen LogP contribution in [0.5, 0.6) is 0 Å². The van der Waals surface area contributed by atoms with E-state index in [1.807, 2.05) is 45.2 Å². The molecule has 2 aliphatic rings. The molecule has 0 aliphatic carbocycles. The predicted octanol–water partition coefficient (Wildman–Crippen LogP) is 1.58. The smallest absolute Gasteiger partial charge is 0.404 e. The molecule has 2 aliphatic heterocycles. The van der Waals surface area contributed by atoms with Gasteiger partial charge in [-0.15, -0.1) is 0 Å². The number of rotatable bonds is 7. The monoisotopic (exact) mass is 486 g/mol. The summed E-state index contributed by atoms with van der Waals surface area (Å²) in [6.07, 6.45) is 6.28. The molecule has 0 saturated heterocycles. The van der Waals surface area contributed by atoms with E-state index < -0.39 is 22.4 Å². The molecule has 1 atom stereocenters. The summed E-state index contributed by atoms with van der Waals surface area (Å²) in [4.78, 5) is 34.2. The molecule has 4 heterocycles. The zero-order valence-electron chi connectivity index (χ0n) is 19.9. The maximum atomic E-state index is 12.6. The van der Waals surface area contributed by atoms with Crippen LogP contribution in [0.3, 0.4) is 0 Å². The highest BCUT2D eigenvalue weighted by molar-refractivity contribution is 7.85. The van der Waals surface area contributed by atoms with Crippen molar-refractivity contribution in [3.8, 4) is 0 Å². The maximum Gasteiger partial charge on any atom is 0.404 e. The van der Waals surface area contributed by atoms with Crippen LogP contribution in [0.4, 0.5) is 22.2 Å². The van der Waals surface area contributed by atoms with Crippen molar-refractivity contribution in [1.29, 1.82) is 0 Å². The van der Waals surface area contributed by atoms with Gasteiger partial charge in [0, 0.05) is 39.4 Å². The number of amides is 1. The number of aromatic nitrogens is 4. The van der Waals surface area contributed by atoms with Crippen LogP contribution in [0.15, 0.2) is 23.4 Å². The third-order valence-electron chi connectivity index (χ3n) is 5.64.